The Morgan fingerprint density at radius 1 is 1.21 bits per heavy atom. The minimum Gasteiger partial charge on any atom is -0.467 e. The smallest absolute Gasteiger partial charge is 0.349 e. The predicted molar refractivity (Wildman–Crippen MR) is 104 cm³/mol. The first-order valence-electron chi connectivity index (χ1n) is 8.55. The summed E-state index contributed by atoms with van der Waals surface area (Å²) in [5.74, 6) is -1.28. The van der Waals surface area contributed by atoms with Crippen LogP contribution < -0.4 is 15.5 Å². The Bertz CT molecular complexity index is 925. The third-order valence-corrected chi connectivity index (χ3v) is 3.65. The number of nitrogens with one attached hydrogen (secondary N) is 2. The molecule has 1 aromatic heterocycles. The van der Waals surface area contributed by atoms with Crippen LogP contribution in [0.2, 0.25) is 0 Å². The summed E-state index contributed by atoms with van der Waals surface area (Å²) in [5, 5.41) is 13.6. The zero-order valence-corrected chi connectivity index (χ0v) is 16.0. The molecule has 0 unspecified atom stereocenters. The average Bonchev–Trinajstić information content (AvgIpc) is 3.22. The number of esters is 1. The van der Waals surface area contributed by atoms with Gasteiger partial charge in [-0.1, -0.05) is 12.1 Å². The number of furan rings is 1. The lowest BCUT2D eigenvalue weighted by atomic mass is 10.1. The molecule has 0 saturated heterocycles. The molecule has 29 heavy (non-hydrogen) atoms. The first kappa shape index (κ1) is 21.2. The highest BCUT2D eigenvalue weighted by Crippen LogP contribution is 2.15. The third kappa shape index (κ3) is 6.88. The molecule has 0 atom stereocenters. The van der Waals surface area contributed by atoms with E-state index < -0.39 is 24.5 Å². The molecule has 2 N–H and O–H groups in total. The Hall–Kier alpha value is -4.06. The SMILES string of the molecule is CN(C)c1ccc(/C=C(\C#N)C(=O)OCC(=O)NC(=O)NCc2ccco2)cc1. The Morgan fingerprint density at radius 3 is 2.52 bits per heavy atom. The van der Waals surface area contributed by atoms with Gasteiger partial charge in [0.15, 0.2) is 6.61 Å². The molecule has 0 aliphatic carbocycles. The minimum absolute atomic E-state index is 0.0971. The lowest BCUT2D eigenvalue weighted by Crippen LogP contribution is -2.41. The van der Waals surface area contributed by atoms with E-state index in [1.54, 1.807) is 30.3 Å². The summed E-state index contributed by atoms with van der Waals surface area (Å²) in [6.07, 6.45) is 2.81. The monoisotopic (exact) mass is 396 g/mol. The fraction of sp³-hybridized carbons (Fsp3) is 0.200. The molecular formula is C20H20N4O5. The minimum atomic E-state index is -0.963. The largest absolute Gasteiger partial charge is 0.467 e. The second-order valence-electron chi connectivity index (χ2n) is 6.04. The zero-order chi connectivity index (χ0) is 21.2. The summed E-state index contributed by atoms with van der Waals surface area (Å²) in [6.45, 7) is -0.606. The van der Waals surface area contributed by atoms with E-state index in [0.29, 0.717) is 11.3 Å². The lowest BCUT2D eigenvalue weighted by Gasteiger charge is -2.11. The number of nitriles is 1. The molecule has 9 nitrogen and oxygen atoms in total. The second kappa shape index (κ2) is 10.3. The van der Waals surface area contributed by atoms with Crippen LogP contribution in [0, 0.1) is 11.3 Å². The molecule has 1 heterocycles. The van der Waals surface area contributed by atoms with Crippen LogP contribution in [0.15, 0.2) is 52.7 Å². The Balaban J connectivity index is 1.83. The van der Waals surface area contributed by atoms with Crippen LogP contribution in [0.1, 0.15) is 11.3 Å². The maximum atomic E-state index is 12.0. The van der Waals surface area contributed by atoms with E-state index in [-0.39, 0.29) is 12.1 Å². The zero-order valence-electron chi connectivity index (χ0n) is 16.0. The number of ether oxygens (including phenoxy) is 1. The van der Waals surface area contributed by atoms with E-state index in [0.717, 1.165) is 5.69 Å². The van der Waals surface area contributed by atoms with Crippen molar-refractivity contribution in [3.05, 3.63) is 59.6 Å². The molecule has 0 spiro atoms. The van der Waals surface area contributed by atoms with Crippen molar-refractivity contribution in [1.29, 1.82) is 5.26 Å². The van der Waals surface area contributed by atoms with E-state index in [1.807, 2.05) is 36.4 Å². The molecule has 9 heteroatoms. The van der Waals surface area contributed by atoms with Gasteiger partial charge < -0.3 is 19.4 Å². The summed E-state index contributed by atoms with van der Waals surface area (Å²) in [7, 11) is 3.79. The van der Waals surface area contributed by atoms with Crippen molar-refractivity contribution in [3.8, 4) is 6.07 Å². The molecule has 150 valence electrons. The normalized spacial score (nSPS) is 10.6. The number of rotatable bonds is 7. The highest BCUT2D eigenvalue weighted by molar-refractivity contribution is 6.00. The Labute approximate surface area is 167 Å². The molecule has 1 aromatic carbocycles. The topological polar surface area (TPSA) is 125 Å². The number of benzene rings is 1. The summed E-state index contributed by atoms with van der Waals surface area (Å²) in [4.78, 5) is 37.2. The Morgan fingerprint density at radius 2 is 1.93 bits per heavy atom. The van der Waals surface area contributed by atoms with Crippen molar-refractivity contribution in [2.45, 2.75) is 6.54 Å². The first-order valence-corrected chi connectivity index (χ1v) is 8.55. The molecule has 0 aliphatic rings. The fourth-order valence-corrected chi connectivity index (χ4v) is 2.17. The maximum absolute atomic E-state index is 12.0. The van der Waals surface area contributed by atoms with Gasteiger partial charge >= 0.3 is 12.0 Å². The number of anilines is 1. The van der Waals surface area contributed by atoms with Crippen molar-refractivity contribution >= 4 is 29.7 Å². The van der Waals surface area contributed by atoms with Gasteiger partial charge in [0.1, 0.15) is 17.4 Å². The number of amides is 3. The molecule has 2 aromatic rings. The van der Waals surface area contributed by atoms with E-state index in [1.165, 1.54) is 12.3 Å². The van der Waals surface area contributed by atoms with Crippen LogP contribution >= 0.6 is 0 Å². The molecule has 3 amide bonds. The molecule has 0 aliphatic heterocycles. The number of hydrogen-bond donors (Lipinski definition) is 2. The van der Waals surface area contributed by atoms with Gasteiger partial charge in [0.05, 0.1) is 12.8 Å². The van der Waals surface area contributed by atoms with Crippen LogP contribution in [-0.4, -0.2) is 38.6 Å². The number of hydrogen-bond acceptors (Lipinski definition) is 7. The van der Waals surface area contributed by atoms with Crippen molar-refractivity contribution in [3.63, 3.8) is 0 Å². The standard InChI is InChI=1S/C20H20N4O5/c1-24(2)16-7-5-14(6-8-16)10-15(11-21)19(26)29-13-18(25)23-20(27)22-12-17-4-3-9-28-17/h3-10H,12-13H2,1-2H3,(H2,22,23,25,27)/b15-10+. The van der Waals surface area contributed by atoms with Crippen LogP contribution in [0.5, 0.6) is 0 Å². The number of carbonyl (C=O) groups is 3. The summed E-state index contributed by atoms with van der Waals surface area (Å²) >= 11 is 0. The first-order chi connectivity index (χ1) is 13.9. The van der Waals surface area contributed by atoms with E-state index >= 15 is 0 Å². The maximum Gasteiger partial charge on any atom is 0.349 e. The highest BCUT2D eigenvalue weighted by atomic mass is 16.5. The van der Waals surface area contributed by atoms with Gasteiger partial charge in [-0.05, 0) is 35.9 Å². The number of nitrogens with zero attached hydrogens (tertiary/aromatic N) is 2. The summed E-state index contributed by atoms with van der Waals surface area (Å²) in [6, 6.07) is 11.5. The summed E-state index contributed by atoms with van der Waals surface area (Å²) in [5.41, 5.74) is 1.33. The Kier molecular flexibility index (Phi) is 7.56. The van der Waals surface area contributed by atoms with Crippen molar-refractivity contribution in [2.75, 3.05) is 25.6 Å². The van der Waals surface area contributed by atoms with Crippen molar-refractivity contribution < 1.29 is 23.5 Å². The summed E-state index contributed by atoms with van der Waals surface area (Å²) < 4.78 is 9.83. The van der Waals surface area contributed by atoms with E-state index in [4.69, 9.17) is 9.15 Å². The van der Waals surface area contributed by atoms with Gasteiger partial charge in [-0.2, -0.15) is 5.26 Å². The molecule has 2 rings (SSSR count). The van der Waals surface area contributed by atoms with Gasteiger partial charge in [0, 0.05) is 19.8 Å². The quantitative estimate of drug-likeness (QED) is 0.415. The number of urea groups is 1. The number of imide groups is 1. The fourth-order valence-electron chi connectivity index (χ4n) is 2.17. The van der Waals surface area contributed by atoms with Gasteiger partial charge in [-0.25, -0.2) is 9.59 Å². The molecule has 0 saturated carbocycles. The van der Waals surface area contributed by atoms with Crippen LogP contribution in [0.25, 0.3) is 6.08 Å². The predicted octanol–water partition coefficient (Wildman–Crippen LogP) is 1.82. The van der Waals surface area contributed by atoms with Gasteiger partial charge in [-0.3, -0.25) is 10.1 Å². The van der Waals surface area contributed by atoms with Crippen LogP contribution in [0.3, 0.4) is 0 Å². The lowest BCUT2D eigenvalue weighted by molar-refractivity contribution is -0.144. The molecule has 0 bridgehead atoms. The highest BCUT2D eigenvalue weighted by Gasteiger charge is 2.15. The average molecular weight is 396 g/mol. The van der Waals surface area contributed by atoms with Gasteiger partial charge in [0.2, 0.25) is 0 Å². The third-order valence-electron chi connectivity index (χ3n) is 3.65. The van der Waals surface area contributed by atoms with E-state index in [9.17, 15) is 19.6 Å². The number of carbonyl (C=O) groups excluding carboxylic acids is 3. The molecule has 0 radical (unpaired) electrons. The van der Waals surface area contributed by atoms with Gasteiger partial charge in [0.25, 0.3) is 5.91 Å². The van der Waals surface area contributed by atoms with E-state index in [2.05, 4.69) is 5.32 Å². The van der Waals surface area contributed by atoms with Crippen LogP contribution in [0.4, 0.5) is 10.5 Å². The van der Waals surface area contributed by atoms with Gasteiger partial charge in [-0.15, -0.1) is 0 Å². The molecular weight excluding hydrogens is 376 g/mol. The molecule has 0 fully saturated rings. The van der Waals surface area contributed by atoms with Crippen molar-refractivity contribution in [1.82, 2.24) is 10.6 Å². The van der Waals surface area contributed by atoms with Crippen LogP contribution in [-0.2, 0) is 20.9 Å². The second-order valence-corrected chi connectivity index (χ2v) is 6.04. The van der Waals surface area contributed by atoms with Crippen molar-refractivity contribution in [2.24, 2.45) is 0 Å².